The topological polar surface area (TPSA) is 51.0 Å². The Morgan fingerprint density at radius 3 is 2.58 bits per heavy atom. The normalized spacial score (nSPS) is 18.2. The van der Waals surface area contributed by atoms with Gasteiger partial charge in [-0.3, -0.25) is 4.79 Å². The third-order valence-electron chi connectivity index (χ3n) is 6.96. The molecule has 4 aromatic rings. The van der Waals surface area contributed by atoms with E-state index in [4.69, 9.17) is 4.98 Å². The third kappa shape index (κ3) is 3.92. The Hall–Kier alpha value is -3.47. The molecule has 2 fully saturated rings. The molecule has 5 nitrogen and oxygen atoms in total. The second kappa shape index (κ2) is 8.14. The zero-order valence-electron chi connectivity index (χ0n) is 18.9. The fourth-order valence-electron chi connectivity index (χ4n) is 5.02. The molecule has 6 rings (SSSR count). The highest BCUT2D eigenvalue weighted by atomic mass is 16.2. The molecule has 1 saturated carbocycles. The van der Waals surface area contributed by atoms with Gasteiger partial charge in [0.05, 0.1) is 0 Å². The number of hydrogen-bond acceptors (Lipinski definition) is 3. The SMILES string of the molecule is Cc1cccc(-c2ccc(-c3nc4cccnc4n3CC3CCN(C(=O)C4CC4)C3)cc2)c1. The van der Waals surface area contributed by atoms with Gasteiger partial charge in [-0.2, -0.15) is 0 Å². The predicted octanol–water partition coefficient (Wildman–Crippen LogP) is 5.33. The number of carbonyl (C=O) groups excluding carboxylic acids is 1. The summed E-state index contributed by atoms with van der Waals surface area (Å²) in [6.07, 6.45) is 5.01. The average Bonchev–Trinajstić information content (AvgIpc) is 3.49. The van der Waals surface area contributed by atoms with E-state index in [0.29, 0.717) is 17.7 Å². The molecule has 5 heteroatoms. The molecule has 1 unspecified atom stereocenters. The van der Waals surface area contributed by atoms with Crippen LogP contribution in [0.5, 0.6) is 0 Å². The molecule has 1 saturated heterocycles. The summed E-state index contributed by atoms with van der Waals surface area (Å²) in [6.45, 7) is 4.67. The van der Waals surface area contributed by atoms with E-state index in [-0.39, 0.29) is 0 Å². The molecule has 2 aliphatic rings. The molecular formula is C28H28N4O. The van der Waals surface area contributed by atoms with Gasteiger partial charge in [-0.05, 0) is 55.4 Å². The van der Waals surface area contributed by atoms with Crippen LogP contribution in [0.2, 0.25) is 0 Å². The fourth-order valence-corrected chi connectivity index (χ4v) is 5.02. The Balaban J connectivity index is 1.30. The van der Waals surface area contributed by atoms with E-state index in [1.165, 1.54) is 16.7 Å². The number of aromatic nitrogens is 3. The summed E-state index contributed by atoms with van der Waals surface area (Å²) in [5.74, 6) is 2.03. The molecule has 3 heterocycles. The van der Waals surface area contributed by atoms with Gasteiger partial charge in [-0.25, -0.2) is 9.97 Å². The van der Waals surface area contributed by atoms with E-state index >= 15 is 0 Å². The van der Waals surface area contributed by atoms with E-state index < -0.39 is 0 Å². The van der Waals surface area contributed by atoms with Crippen LogP contribution in [0.4, 0.5) is 0 Å². The molecule has 0 N–H and O–H groups in total. The number of aryl methyl sites for hydroxylation is 1. The zero-order valence-corrected chi connectivity index (χ0v) is 18.9. The third-order valence-corrected chi connectivity index (χ3v) is 6.96. The monoisotopic (exact) mass is 436 g/mol. The highest BCUT2D eigenvalue weighted by Gasteiger charge is 2.36. The highest BCUT2D eigenvalue weighted by Crippen LogP contribution is 2.34. The van der Waals surface area contributed by atoms with Crippen LogP contribution in [-0.4, -0.2) is 38.4 Å². The van der Waals surface area contributed by atoms with Gasteiger partial charge in [0.15, 0.2) is 5.65 Å². The van der Waals surface area contributed by atoms with Crippen molar-refractivity contribution < 1.29 is 4.79 Å². The lowest BCUT2D eigenvalue weighted by atomic mass is 10.0. The van der Waals surface area contributed by atoms with Gasteiger partial charge in [0, 0.05) is 37.3 Å². The summed E-state index contributed by atoms with van der Waals surface area (Å²) in [5.41, 5.74) is 6.61. The van der Waals surface area contributed by atoms with E-state index in [1.807, 2.05) is 18.3 Å². The number of fused-ring (bicyclic) bond motifs is 1. The number of pyridine rings is 1. The van der Waals surface area contributed by atoms with Crippen molar-refractivity contribution in [2.45, 2.75) is 32.7 Å². The Labute approximate surface area is 194 Å². The van der Waals surface area contributed by atoms with Crippen molar-refractivity contribution >= 4 is 17.1 Å². The Bertz CT molecular complexity index is 1320. The first-order chi connectivity index (χ1) is 16.2. The number of likely N-dealkylation sites (tertiary alicyclic amines) is 1. The zero-order chi connectivity index (χ0) is 22.4. The molecular weight excluding hydrogens is 408 g/mol. The minimum atomic E-state index is 0.293. The second-order valence-corrected chi connectivity index (χ2v) is 9.55. The number of imidazole rings is 1. The number of nitrogens with zero attached hydrogens (tertiary/aromatic N) is 4. The first-order valence-electron chi connectivity index (χ1n) is 11.9. The molecule has 1 aliphatic carbocycles. The van der Waals surface area contributed by atoms with Crippen molar-refractivity contribution in [1.29, 1.82) is 0 Å². The number of benzene rings is 2. The molecule has 2 aromatic heterocycles. The lowest BCUT2D eigenvalue weighted by Gasteiger charge is -2.17. The molecule has 0 spiro atoms. The average molecular weight is 437 g/mol. The van der Waals surface area contributed by atoms with Crippen LogP contribution in [-0.2, 0) is 11.3 Å². The summed E-state index contributed by atoms with van der Waals surface area (Å²) in [5, 5.41) is 0. The summed E-state index contributed by atoms with van der Waals surface area (Å²) in [4.78, 5) is 24.2. The second-order valence-electron chi connectivity index (χ2n) is 9.55. The van der Waals surface area contributed by atoms with Crippen molar-refractivity contribution in [3.05, 3.63) is 72.4 Å². The quantitative estimate of drug-likeness (QED) is 0.425. The lowest BCUT2D eigenvalue weighted by molar-refractivity contribution is -0.131. The maximum atomic E-state index is 12.5. The molecule has 166 valence electrons. The van der Waals surface area contributed by atoms with Gasteiger partial charge in [0.1, 0.15) is 11.3 Å². The molecule has 0 bridgehead atoms. The minimum absolute atomic E-state index is 0.293. The maximum absolute atomic E-state index is 12.5. The predicted molar refractivity (Wildman–Crippen MR) is 131 cm³/mol. The van der Waals surface area contributed by atoms with Gasteiger partial charge in [0.25, 0.3) is 0 Å². The summed E-state index contributed by atoms with van der Waals surface area (Å²) < 4.78 is 2.26. The van der Waals surface area contributed by atoms with E-state index in [0.717, 1.165) is 61.4 Å². The van der Waals surface area contributed by atoms with Crippen molar-refractivity contribution in [2.75, 3.05) is 13.1 Å². The standard InChI is InChI=1S/C28H28N4O/c1-19-4-2-5-24(16-19)21-7-9-22(10-8-21)26-30-25-6-3-14-29-27(25)32(26)18-20-13-15-31(17-20)28(33)23-11-12-23/h2-10,14,16,20,23H,11-13,15,17-18H2,1H3. The molecule has 2 aromatic carbocycles. The molecule has 33 heavy (non-hydrogen) atoms. The van der Waals surface area contributed by atoms with Gasteiger partial charge < -0.3 is 9.47 Å². The Kier molecular flexibility index (Phi) is 4.97. The van der Waals surface area contributed by atoms with Crippen LogP contribution in [0.25, 0.3) is 33.7 Å². The number of amides is 1. The molecule has 1 aliphatic heterocycles. The van der Waals surface area contributed by atoms with Crippen molar-refractivity contribution in [1.82, 2.24) is 19.4 Å². The molecule has 0 radical (unpaired) electrons. The fraction of sp³-hybridized carbons (Fsp3) is 0.321. The van der Waals surface area contributed by atoms with E-state index in [2.05, 4.69) is 69.9 Å². The summed E-state index contributed by atoms with van der Waals surface area (Å²) in [6, 6.07) is 21.2. The number of hydrogen-bond donors (Lipinski definition) is 0. The maximum Gasteiger partial charge on any atom is 0.225 e. The Morgan fingerprint density at radius 2 is 1.79 bits per heavy atom. The van der Waals surface area contributed by atoms with Crippen LogP contribution in [0.1, 0.15) is 24.8 Å². The van der Waals surface area contributed by atoms with E-state index in [1.54, 1.807) is 0 Å². The lowest BCUT2D eigenvalue weighted by Crippen LogP contribution is -2.30. The minimum Gasteiger partial charge on any atom is -0.342 e. The van der Waals surface area contributed by atoms with Gasteiger partial charge >= 0.3 is 0 Å². The Morgan fingerprint density at radius 1 is 0.970 bits per heavy atom. The summed E-state index contributed by atoms with van der Waals surface area (Å²) >= 11 is 0. The molecule has 1 amide bonds. The van der Waals surface area contributed by atoms with Crippen molar-refractivity contribution in [2.24, 2.45) is 11.8 Å². The van der Waals surface area contributed by atoms with Gasteiger partial charge in [-0.1, -0.05) is 54.1 Å². The van der Waals surface area contributed by atoms with Crippen LogP contribution in [0, 0.1) is 18.8 Å². The van der Waals surface area contributed by atoms with Crippen LogP contribution in [0.15, 0.2) is 66.9 Å². The van der Waals surface area contributed by atoms with Crippen molar-refractivity contribution in [3.8, 4) is 22.5 Å². The number of carbonyl (C=O) groups is 1. The number of rotatable bonds is 5. The van der Waals surface area contributed by atoms with E-state index in [9.17, 15) is 4.79 Å². The largest absolute Gasteiger partial charge is 0.342 e. The summed E-state index contributed by atoms with van der Waals surface area (Å²) in [7, 11) is 0. The first kappa shape index (κ1) is 20.2. The van der Waals surface area contributed by atoms with Gasteiger partial charge in [-0.15, -0.1) is 0 Å². The smallest absolute Gasteiger partial charge is 0.225 e. The van der Waals surface area contributed by atoms with Crippen molar-refractivity contribution in [3.63, 3.8) is 0 Å². The van der Waals surface area contributed by atoms with Crippen LogP contribution >= 0.6 is 0 Å². The van der Waals surface area contributed by atoms with Gasteiger partial charge in [0.2, 0.25) is 5.91 Å². The van der Waals surface area contributed by atoms with Crippen LogP contribution in [0.3, 0.4) is 0 Å². The molecule has 1 atom stereocenters. The highest BCUT2D eigenvalue weighted by molar-refractivity contribution is 5.81. The van der Waals surface area contributed by atoms with Crippen LogP contribution < -0.4 is 0 Å². The first-order valence-corrected chi connectivity index (χ1v) is 11.9.